The van der Waals surface area contributed by atoms with Gasteiger partial charge in [0.05, 0.1) is 11.6 Å². The number of carbonyl (C=O) groups is 1. The van der Waals surface area contributed by atoms with Crippen LogP contribution >= 0.6 is 12.4 Å². The molecule has 1 amide bonds. The summed E-state index contributed by atoms with van der Waals surface area (Å²) in [6, 6.07) is 14.5. The molecule has 0 bridgehead atoms. The molecular weight excluding hydrogens is 514 g/mol. The van der Waals surface area contributed by atoms with Gasteiger partial charge in [0.15, 0.2) is 12.0 Å². The van der Waals surface area contributed by atoms with Gasteiger partial charge in [-0.3, -0.25) is 14.6 Å². The number of aromatic nitrogens is 1. The second-order valence-electron chi connectivity index (χ2n) is 9.50. The molecule has 202 valence electrons. The maximum atomic E-state index is 13.5. The number of nitrogens with zero attached hydrogens (tertiary/aromatic N) is 5. The SMILES string of the molecule is C[C@@H](CN(C(=O)c1ccc(C#N)cc1)c1ccccn1)N1CCN(C2=COC(C3=CC=CCC3)=CO2)CC1.Cl. The summed E-state index contributed by atoms with van der Waals surface area (Å²) in [6.07, 6.45) is 13.3. The molecule has 39 heavy (non-hydrogen) atoms. The molecule has 8 nitrogen and oxygen atoms in total. The number of hydrogen-bond donors (Lipinski definition) is 0. The van der Waals surface area contributed by atoms with Gasteiger partial charge in [0.2, 0.25) is 5.88 Å². The maximum Gasteiger partial charge on any atom is 0.259 e. The van der Waals surface area contributed by atoms with E-state index in [2.05, 4.69) is 46.0 Å². The van der Waals surface area contributed by atoms with Crippen molar-refractivity contribution in [3.63, 3.8) is 0 Å². The first kappa shape index (κ1) is 28.0. The van der Waals surface area contributed by atoms with E-state index in [9.17, 15) is 4.79 Å². The Kier molecular flexibility index (Phi) is 9.42. The van der Waals surface area contributed by atoms with Gasteiger partial charge in [-0.15, -0.1) is 12.4 Å². The number of carbonyl (C=O) groups excluding carboxylic acids is 1. The summed E-state index contributed by atoms with van der Waals surface area (Å²) in [5.41, 5.74) is 2.20. The number of hydrogen-bond acceptors (Lipinski definition) is 7. The first-order valence-electron chi connectivity index (χ1n) is 12.9. The molecule has 1 aliphatic carbocycles. The molecule has 1 fully saturated rings. The van der Waals surface area contributed by atoms with Crippen molar-refractivity contribution in [2.45, 2.75) is 25.8 Å². The van der Waals surface area contributed by atoms with Gasteiger partial charge in [0.25, 0.3) is 5.91 Å². The van der Waals surface area contributed by atoms with Crippen molar-refractivity contribution in [3.05, 3.63) is 108 Å². The van der Waals surface area contributed by atoms with Gasteiger partial charge in [0, 0.05) is 50.5 Å². The smallest absolute Gasteiger partial charge is 0.259 e. The van der Waals surface area contributed by atoms with E-state index >= 15 is 0 Å². The quantitative estimate of drug-likeness (QED) is 0.484. The molecule has 0 unspecified atom stereocenters. The average molecular weight is 546 g/mol. The van der Waals surface area contributed by atoms with Crippen molar-refractivity contribution in [3.8, 4) is 6.07 Å². The minimum Gasteiger partial charge on any atom is -0.456 e. The number of pyridine rings is 1. The van der Waals surface area contributed by atoms with Crippen LogP contribution in [-0.2, 0) is 9.47 Å². The van der Waals surface area contributed by atoms with Crippen LogP contribution in [0.1, 0.15) is 35.7 Å². The molecule has 1 saturated heterocycles. The zero-order valence-corrected chi connectivity index (χ0v) is 22.7. The lowest BCUT2D eigenvalue weighted by Crippen LogP contribution is -2.53. The summed E-state index contributed by atoms with van der Waals surface area (Å²) in [5, 5.41) is 9.10. The Bertz CT molecular complexity index is 1310. The number of allylic oxidation sites excluding steroid dienone is 4. The average Bonchev–Trinajstić information content (AvgIpc) is 3.00. The molecule has 1 aromatic carbocycles. The van der Waals surface area contributed by atoms with Crippen LogP contribution in [0.2, 0.25) is 0 Å². The van der Waals surface area contributed by atoms with Crippen molar-refractivity contribution in [1.29, 1.82) is 5.26 Å². The largest absolute Gasteiger partial charge is 0.456 e. The highest BCUT2D eigenvalue weighted by atomic mass is 35.5. The Morgan fingerprint density at radius 2 is 1.90 bits per heavy atom. The Morgan fingerprint density at radius 1 is 1.10 bits per heavy atom. The maximum absolute atomic E-state index is 13.5. The van der Waals surface area contributed by atoms with Crippen LogP contribution in [0.5, 0.6) is 0 Å². The molecule has 2 aromatic rings. The summed E-state index contributed by atoms with van der Waals surface area (Å²) < 4.78 is 11.8. The van der Waals surface area contributed by atoms with Crippen LogP contribution in [-0.4, -0.2) is 59.5 Å². The number of anilines is 1. The predicted octanol–water partition coefficient (Wildman–Crippen LogP) is 4.99. The zero-order chi connectivity index (χ0) is 26.3. The number of benzene rings is 1. The third-order valence-corrected chi connectivity index (χ3v) is 7.03. The fourth-order valence-corrected chi connectivity index (χ4v) is 4.79. The van der Waals surface area contributed by atoms with Crippen molar-refractivity contribution >= 4 is 24.1 Å². The van der Waals surface area contributed by atoms with Crippen LogP contribution in [0, 0.1) is 11.3 Å². The Hall–Kier alpha value is -4.06. The molecule has 1 atom stereocenters. The number of halogens is 1. The van der Waals surface area contributed by atoms with Gasteiger partial charge in [-0.2, -0.15) is 5.26 Å². The molecule has 3 heterocycles. The highest BCUT2D eigenvalue weighted by Gasteiger charge is 2.28. The Balaban J connectivity index is 0.00000353. The monoisotopic (exact) mass is 545 g/mol. The Morgan fingerprint density at radius 3 is 2.51 bits per heavy atom. The molecule has 0 N–H and O–H groups in total. The lowest BCUT2D eigenvalue weighted by atomic mass is 10.0. The summed E-state index contributed by atoms with van der Waals surface area (Å²) in [6.45, 7) is 5.87. The van der Waals surface area contributed by atoms with Gasteiger partial charge in [0.1, 0.15) is 12.1 Å². The van der Waals surface area contributed by atoms with Crippen LogP contribution < -0.4 is 4.90 Å². The molecule has 0 radical (unpaired) electrons. The summed E-state index contributed by atoms with van der Waals surface area (Å²) in [7, 11) is 0. The summed E-state index contributed by atoms with van der Waals surface area (Å²) >= 11 is 0. The number of rotatable bonds is 7. The standard InChI is InChI=1S/C30H31N5O3.ClH/c1-23(20-35(28-9-5-6-14-32-28)30(36)26-12-10-24(19-31)11-13-26)33-15-17-34(18-16-33)29-22-37-27(21-38-29)25-7-3-2-4-8-25;/h2-3,5-7,9-14,21-23H,4,8,15-18,20H2,1H3;1H/t23-;/m0./s1. The molecule has 0 spiro atoms. The molecule has 9 heteroatoms. The number of piperazine rings is 1. The minimum absolute atomic E-state index is 0. The van der Waals surface area contributed by atoms with E-state index < -0.39 is 0 Å². The van der Waals surface area contributed by atoms with Crippen LogP contribution in [0.4, 0.5) is 5.82 Å². The highest BCUT2D eigenvalue weighted by molar-refractivity contribution is 6.05. The molecule has 2 aliphatic heterocycles. The first-order chi connectivity index (χ1) is 18.6. The third kappa shape index (κ3) is 6.69. The molecule has 1 aromatic heterocycles. The van der Waals surface area contributed by atoms with Gasteiger partial charge in [-0.25, -0.2) is 4.98 Å². The third-order valence-electron chi connectivity index (χ3n) is 7.03. The van der Waals surface area contributed by atoms with Crippen molar-refractivity contribution < 1.29 is 14.3 Å². The van der Waals surface area contributed by atoms with E-state index in [0.29, 0.717) is 23.5 Å². The number of ether oxygens (including phenoxy) is 2. The second kappa shape index (κ2) is 13.1. The van der Waals surface area contributed by atoms with E-state index in [1.165, 1.54) is 0 Å². The van der Waals surface area contributed by atoms with Gasteiger partial charge in [-0.1, -0.05) is 24.3 Å². The van der Waals surface area contributed by atoms with E-state index in [4.69, 9.17) is 14.7 Å². The lowest BCUT2D eigenvalue weighted by molar-refractivity contribution is 0.0690. The molecule has 5 rings (SSSR count). The number of amides is 1. The van der Waals surface area contributed by atoms with Gasteiger partial charge < -0.3 is 14.4 Å². The predicted molar refractivity (Wildman–Crippen MR) is 152 cm³/mol. The fourth-order valence-electron chi connectivity index (χ4n) is 4.79. The van der Waals surface area contributed by atoms with Crippen LogP contribution in [0.25, 0.3) is 0 Å². The van der Waals surface area contributed by atoms with Crippen molar-refractivity contribution in [2.24, 2.45) is 0 Å². The van der Waals surface area contributed by atoms with E-state index in [0.717, 1.165) is 56.2 Å². The molecular formula is C30H32ClN5O3. The fraction of sp³-hybridized carbons (Fsp3) is 0.300. The van der Waals surface area contributed by atoms with E-state index in [1.54, 1.807) is 47.9 Å². The highest BCUT2D eigenvalue weighted by Crippen LogP contribution is 2.27. The first-order valence-corrected chi connectivity index (χ1v) is 12.9. The molecule has 0 saturated carbocycles. The Labute approximate surface area is 235 Å². The molecule has 3 aliphatic rings. The summed E-state index contributed by atoms with van der Waals surface area (Å²) in [5.74, 6) is 1.96. The second-order valence-corrected chi connectivity index (χ2v) is 9.50. The van der Waals surface area contributed by atoms with Crippen molar-refractivity contribution in [1.82, 2.24) is 14.8 Å². The normalized spacial score (nSPS) is 17.7. The summed E-state index contributed by atoms with van der Waals surface area (Å²) in [4.78, 5) is 24.2. The van der Waals surface area contributed by atoms with Gasteiger partial charge >= 0.3 is 0 Å². The van der Waals surface area contributed by atoms with Crippen LogP contribution in [0.3, 0.4) is 0 Å². The van der Waals surface area contributed by atoms with E-state index in [-0.39, 0.29) is 24.4 Å². The van der Waals surface area contributed by atoms with Crippen LogP contribution in [0.15, 0.2) is 96.6 Å². The number of nitriles is 1. The van der Waals surface area contributed by atoms with Gasteiger partial charge in [-0.05, 0) is 61.7 Å². The topological polar surface area (TPSA) is 81.9 Å². The van der Waals surface area contributed by atoms with E-state index in [1.807, 2.05) is 18.2 Å². The zero-order valence-electron chi connectivity index (χ0n) is 21.9. The minimum atomic E-state index is -0.136. The lowest BCUT2D eigenvalue weighted by Gasteiger charge is -2.40. The van der Waals surface area contributed by atoms with Crippen molar-refractivity contribution in [2.75, 3.05) is 37.6 Å².